The minimum absolute atomic E-state index is 0.221. The number of hydrogen-bond donors (Lipinski definition) is 3. The molecule has 0 saturated heterocycles. The van der Waals surface area contributed by atoms with Crippen LogP contribution in [-0.2, 0) is 9.59 Å². The van der Waals surface area contributed by atoms with Crippen molar-refractivity contribution in [2.45, 2.75) is 6.92 Å². The van der Waals surface area contributed by atoms with Gasteiger partial charge in [0.2, 0.25) is 11.8 Å². The Morgan fingerprint density at radius 3 is 2.29 bits per heavy atom. The third-order valence-electron chi connectivity index (χ3n) is 3.71. The lowest BCUT2D eigenvalue weighted by molar-refractivity contribution is -0.132. The zero-order valence-electron chi connectivity index (χ0n) is 15.4. The van der Waals surface area contributed by atoms with Gasteiger partial charge in [-0.3, -0.25) is 9.59 Å². The van der Waals surface area contributed by atoms with Crippen LogP contribution in [0.1, 0.15) is 5.56 Å². The Kier molecular flexibility index (Phi) is 7.66. The zero-order chi connectivity index (χ0) is 20.7. The molecule has 0 unspecified atom stereocenters. The van der Waals surface area contributed by atoms with Gasteiger partial charge in [-0.25, -0.2) is 4.79 Å². The number of hydrogen-bond acceptors (Lipinski definition) is 3. The van der Waals surface area contributed by atoms with Gasteiger partial charge < -0.3 is 20.9 Å². The fourth-order valence-corrected chi connectivity index (χ4v) is 2.78. The van der Waals surface area contributed by atoms with Crippen LogP contribution in [0.5, 0.6) is 0 Å². The first-order valence-electron chi connectivity index (χ1n) is 8.35. The first kappa shape index (κ1) is 21.5. The SMILES string of the molecule is Cc1cccc(NC(=O)NCC(=O)N(C)CC(=O)Nc2c(Cl)cccc2Cl)c1. The lowest BCUT2D eigenvalue weighted by Gasteiger charge is -2.18. The van der Waals surface area contributed by atoms with E-state index in [9.17, 15) is 14.4 Å². The van der Waals surface area contributed by atoms with Crippen molar-refractivity contribution in [3.05, 3.63) is 58.1 Å². The summed E-state index contributed by atoms with van der Waals surface area (Å²) in [6.07, 6.45) is 0. The van der Waals surface area contributed by atoms with E-state index in [0.717, 1.165) is 5.56 Å². The van der Waals surface area contributed by atoms with E-state index in [4.69, 9.17) is 23.2 Å². The molecule has 0 bridgehead atoms. The molecule has 2 rings (SSSR count). The van der Waals surface area contributed by atoms with E-state index in [1.165, 1.54) is 11.9 Å². The number of nitrogens with one attached hydrogen (secondary N) is 3. The molecule has 0 saturated carbocycles. The van der Waals surface area contributed by atoms with Crippen LogP contribution in [0, 0.1) is 6.92 Å². The highest BCUT2D eigenvalue weighted by Crippen LogP contribution is 2.29. The third kappa shape index (κ3) is 6.44. The highest BCUT2D eigenvalue weighted by Gasteiger charge is 2.16. The molecule has 3 N–H and O–H groups in total. The van der Waals surface area contributed by atoms with Crippen LogP contribution < -0.4 is 16.0 Å². The number of nitrogens with zero attached hydrogens (tertiary/aromatic N) is 1. The van der Waals surface area contributed by atoms with Crippen molar-refractivity contribution < 1.29 is 14.4 Å². The molecule has 0 radical (unpaired) electrons. The van der Waals surface area contributed by atoms with Crippen LogP contribution in [0.2, 0.25) is 10.0 Å². The van der Waals surface area contributed by atoms with Gasteiger partial charge in [0.15, 0.2) is 0 Å². The number of urea groups is 1. The molecule has 0 atom stereocenters. The number of halogens is 2. The van der Waals surface area contributed by atoms with Crippen LogP contribution in [0.15, 0.2) is 42.5 Å². The molecule has 0 aromatic heterocycles. The molecule has 0 spiro atoms. The molecule has 0 aliphatic rings. The minimum atomic E-state index is -0.514. The van der Waals surface area contributed by atoms with E-state index in [1.807, 2.05) is 19.1 Å². The zero-order valence-corrected chi connectivity index (χ0v) is 16.9. The normalized spacial score (nSPS) is 10.1. The first-order valence-corrected chi connectivity index (χ1v) is 9.11. The number of rotatable bonds is 6. The number of amides is 4. The number of carbonyl (C=O) groups excluding carboxylic acids is 3. The Hall–Kier alpha value is -2.77. The summed E-state index contributed by atoms with van der Waals surface area (Å²) in [6.45, 7) is 1.43. The molecule has 148 valence electrons. The van der Waals surface area contributed by atoms with Crippen molar-refractivity contribution >= 4 is 52.4 Å². The van der Waals surface area contributed by atoms with Gasteiger partial charge in [-0.05, 0) is 36.8 Å². The highest BCUT2D eigenvalue weighted by atomic mass is 35.5. The monoisotopic (exact) mass is 422 g/mol. The minimum Gasteiger partial charge on any atom is -0.335 e. The van der Waals surface area contributed by atoms with E-state index >= 15 is 0 Å². The summed E-state index contributed by atoms with van der Waals surface area (Å²) in [5, 5.41) is 8.25. The Morgan fingerprint density at radius 1 is 1.00 bits per heavy atom. The number of anilines is 2. The average molecular weight is 423 g/mol. The summed E-state index contributed by atoms with van der Waals surface area (Å²) in [7, 11) is 1.45. The molecule has 0 fully saturated rings. The molecule has 0 aliphatic carbocycles. The standard InChI is InChI=1S/C19H20Cl2N4O3/c1-12-5-3-6-13(9-12)23-19(28)22-10-17(27)25(2)11-16(26)24-18-14(20)7-4-8-15(18)21/h3-9H,10-11H2,1-2H3,(H,24,26)(H2,22,23,28). The van der Waals surface area contributed by atoms with Crippen LogP contribution in [0.3, 0.4) is 0 Å². The van der Waals surface area contributed by atoms with E-state index < -0.39 is 17.8 Å². The van der Waals surface area contributed by atoms with Gasteiger partial charge in [0, 0.05) is 12.7 Å². The molecule has 2 aromatic rings. The third-order valence-corrected chi connectivity index (χ3v) is 4.34. The second-order valence-electron chi connectivity index (χ2n) is 6.07. The predicted octanol–water partition coefficient (Wildman–Crippen LogP) is 3.52. The Morgan fingerprint density at radius 2 is 1.64 bits per heavy atom. The molecule has 4 amide bonds. The smallest absolute Gasteiger partial charge is 0.319 e. The fraction of sp³-hybridized carbons (Fsp3) is 0.211. The molecule has 2 aromatic carbocycles. The van der Waals surface area contributed by atoms with Crippen molar-refractivity contribution in [1.29, 1.82) is 0 Å². The molecular weight excluding hydrogens is 403 g/mol. The quantitative estimate of drug-likeness (QED) is 0.664. The van der Waals surface area contributed by atoms with E-state index in [1.54, 1.807) is 30.3 Å². The Labute approximate surface area is 173 Å². The van der Waals surface area contributed by atoms with Gasteiger partial charge in [0.25, 0.3) is 0 Å². The number of aryl methyl sites for hydroxylation is 1. The summed E-state index contributed by atoms with van der Waals surface area (Å²) < 4.78 is 0. The Balaban J connectivity index is 1.80. The Bertz CT molecular complexity index is 869. The van der Waals surface area contributed by atoms with E-state index in [2.05, 4.69) is 16.0 Å². The van der Waals surface area contributed by atoms with Gasteiger partial charge in [-0.1, -0.05) is 41.4 Å². The predicted molar refractivity (Wildman–Crippen MR) is 111 cm³/mol. The molecule has 28 heavy (non-hydrogen) atoms. The van der Waals surface area contributed by atoms with Gasteiger partial charge in [-0.15, -0.1) is 0 Å². The van der Waals surface area contributed by atoms with Crippen LogP contribution in [0.25, 0.3) is 0 Å². The van der Waals surface area contributed by atoms with Gasteiger partial charge >= 0.3 is 6.03 Å². The fourth-order valence-electron chi connectivity index (χ4n) is 2.29. The van der Waals surface area contributed by atoms with Crippen molar-refractivity contribution in [2.75, 3.05) is 30.8 Å². The highest BCUT2D eigenvalue weighted by molar-refractivity contribution is 6.39. The summed E-state index contributed by atoms with van der Waals surface area (Å²) >= 11 is 12.0. The summed E-state index contributed by atoms with van der Waals surface area (Å²) in [5.41, 5.74) is 1.90. The molecular formula is C19H20Cl2N4O3. The van der Waals surface area contributed by atoms with Gasteiger partial charge in [-0.2, -0.15) is 0 Å². The number of benzene rings is 2. The van der Waals surface area contributed by atoms with E-state index in [-0.39, 0.29) is 18.8 Å². The molecule has 7 nitrogen and oxygen atoms in total. The van der Waals surface area contributed by atoms with Crippen molar-refractivity contribution in [1.82, 2.24) is 10.2 Å². The van der Waals surface area contributed by atoms with Crippen LogP contribution >= 0.6 is 23.2 Å². The summed E-state index contributed by atoms with van der Waals surface area (Å²) in [4.78, 5) is 37.3. The second kappa shape index (κ2) is 9.96. The number of likely N-dealkylation sites (N-methyl/N-ethyl adjacent to an activating group) is 1. The maximum atomic E-state index is 12.1. The maximum Gasteiger partial charge on any atom is 0.319 e. The number of carbonyl (C=O) groups is 3. The molecule has 0 heterocycles. The van der Waals surface area contributed by atoms with Crippen molar-refractivity contribution in [3.63, 3.8) is 0 Å². The van der Waals surface area contributed by atoms with Crippen LogP contribution in [-0.4, -0.2) is 42.9 Å². The lowest BCUT2D eigenvalue weighted by Crippen LogP contribution is -2.42. The summed E-state index contributed by atoms with van der Waals surface area (Å²) in [5.74, 6) is -0.894. The maximum absolute atomic E-state index is 12.1. The van der Waals surface area contributed by atoms with E-state index in [0.29, 0.717) is 15.7 Å². The van der Waals surface area contributed by atoms with Gasteiger partial charge in [0.05, 0.1) is 28.8 Å². The average Bonchev–Trinajstić information content (AvgIpc) is 2.63. The summed E-state index contributed by atoms with van der Waals surface area (Å²) in [6, 6.07) is 11.6. The largest absolute Gasteiger partial charge is 0.335 e. The molecule has 9 heteroatoms. The van der Waals surface area contributed by atoms with Gasteiger partial charge in [0.1, 0.15) is 0 Å². The van der Waals surface area contributed by atoms with Crippen molar-refractivity contribution in [3.8, 4) is 0 Å². The van der Waals surface area contributed by atoms with Crippen LogP contribution in [0.4, 0.5) is 16.2 Å². The number of para-hydroxylation sites is 1. The van der Waals surface area contributed by atoms with Crippen molar-refractivity contribution in [2.24, 2.45) is 0 Å². The first-order chi connectivity index (χ1) is 13.3. The lowest BCUT2D eigenvalue weighted by atomic mass is 10.2. The molecule has 0 aliphatic heterocycles. The second-order valence-corrected chi connectivity index (χ2v) is 6.89. The topological polar surface area (TPSA) is 90.5 Å².